The van der Waals surface area contributed by atoms with Gasteiger partial charge in [0.25, 0.3) is 0 Å². The second kappa shape index (κ2) is 5.52. The van der Waals surface area contributed by atoms with Gasteiger partial charge < -0.3 is 9.47 Å². The highest BCUT2D eigenvalue weighted by molar-refractivity contribution is 5.94. The lowest BCUT2D eigenvalue weighted by molar-refractivity contribution is -0.153. The van der Waals surface area contributed by atoms with Gasteiger partial charge in [0.2, 0.25) is 0 Å². The number of carbonyl (C=O) groups excluding carboxylic acids is 2. The molecule has 98 valence electrons. The van der Waals surface area contributed by atoms with Crippen LogP contribution in [0.15, 0.2) is 18.2 Å². The van der Waals surface area contributed by atoms with Gasteiger partial charge in [0.1, 0.15) is 17.6 Å². The molecular formula is C11H9F3O4. The fourth-order valence-electron chi connectivity index (χ4n) is 1.18. The molecule has 0 amide bonds. The number of hydrogen-bond donors (Lipinski definition) is 0. The summed E-state index contributed by atoms with van der Waals surface area (Å²) in [6.45, 7) is -1.53. The molecule has 0 fully saturated rings. The Labute approximate surface area is 100 Å². The van der Waals surface area contributed by atoms with E-state index in [-0.39, 0.29) is 16.9 Å². The fourth-order valence-corrected chi connectivity index (χ4v) is 1.18. The number of methoxy groups -OCH3 is 1. The summed E-state index contributed by atoms with van der Waals surface area (Å²) < 4.78 is 44.9. The zero-order chi connectivity index (χ0) is 13.8. The molecule has 0 aliphatic carbocycles. The van der Waals surface area contributed by atoms with Crippen LogP contribution in [0.3, 0.4) is 0 Å². The Morgan fingerprint density at radius 1 is 1.39 bits per heavy atom. The minimum Gasteiger partial charge on any atom is -0.483 e. The Hall–Kier alpha value is -2.05. The summed E-state index contributed by atoms with van der Waals surface area (Å²) in [6, 6.07) is 3.46. The summed E-state index contributed by atoms with van der Waals surface area (Å²) in [7, 11) is 1.07. The van der Waals surface area contributed by atoms with Crippen LogP contribution in [0.4, 0.5) is 13.2 Å². The molecule has 0 unspecified atom stereocenters. The number of halogens is 3. The zero-order valence-corrected chi connectivity index (χ0v) is 9.28. The maximum absolute atomic E-state index is 12.0. The van der Waals surface area contributed by atoms with E-state index in [4.69, 9.17) is 0 Å². The fraction of sp³-hybridized carbons (Fsp3) is 0.273. The summed E-state index contributed by atoms with van der Waals surface area (Å²) in [6.07, 6.45) is -4.06. The minimum absolute atomic E-state index is 0.134. The molecule has 0 radical (unpaired) electrons. The smallest absolute Gasteiger partial charge is 0.422 e. The van der Waals surface area contributed by atoms with Crippen LogP contribution in [-0.2, 0) is 4.74 Å². The van der Waals surface area contributed by atoms with E-state index in [2.05, 4.69) is 9.47 Å². The number of rotatable bonds is 4. The third-order valence-corrected chi connectivity index (χ3v) is 1.94. The molecule has 4 nitrogen and oxygen atoms in total. The molecule has 18 heavy (non-hydrogen) atoms. The van der Waals surface area contributed by atoms with Gasteiger partial charge in [-0.25, -0.2) is 4.79 Å². The number of carbonyl (C=O) groups is 2. The summed E-state index contributed by atoms with van der Waals surface area (Å²) in [4.78, 5) is 21.9. The van der Waals surface area contributed by atoms with Crippen molar-refractivity contribution in [1.82, 2.24) is 0 Å². The molecular weight excluding hydrogens is 253 g/mol. The van der Waals surface area contributed by atoms with Crippen molar-refractivity contribution in [3.05, 3.63) is 29.3 Å². The van der Waals surface area contributed by atoms with Gasteiger partial charge in [0.15, 0.2) is 6.61 Å². The zero-order valence-electron chi connectivity index (χ0n) is 9.28. The molecule has 1 rings (SSSR count). The first-order chi connectivity index (χ1) is 8.37. The average molecular weight is 262 g/mol. The van der Waals surface area contributed by atoms with E-state index in [1.165, 1.54) is 6.07 Å². The Morgan fingerprint density at radius 3 is 2.56 bits per heavy atom. The number of esters is 1. The van der Waals surface area contributed by atoms with Crippen LogP contribution in [0.25, 0.3) is 0 Å². The largest absolute Gasteiger partial charge is 0.483 e. The molecule has 0 heterocycles. The molecule has 0 N–H and O–H groups in total. The van der Waals surface area contributed by atoms with E-state index in [1.54, 1.807) is 0 Å². The average Bonchev–Trinajstić information content (AvgIpc) is 2.34. The number of ether oxygens (including phenoxy) is 2. The van der Waals surface area contributed by atoms with E-state index in [9.17, 15) is 22.8 Å². The predicted molar refractivity (Wildman–Crippen MR) is 54.7 cm³/mol. The SMILES string of the molecule is COC(=O)c1cc(C=O)ccc1OCC(F)(F)F. The quantitative estimate of drug-likeness (QED) is 0.616. The highest BCUT2D eigenvalue weighted by atomic mass is 19.4. The summed E-state index contributed by atoms with van der Waals surface area (Å²) in [5.41, 5.74) is -0.0962. The van der Waals surface area contributed by atoms with Gasteiger partial charge in [-0.05, 0) is 18.2 Å². The lowest BCUT2D eigenvalue weighted by atomic mass is 10.1. The van der Waals surface area contributed by atoms with Crippen molar-refractivity contribution >= 4 is 12.3 Å². The Balaban J connectivity index is 3.02. The van der Waals surface area contributed by atoms with Gasteiger partial charge >= 0.3 is 12.1 Å². The van der Waals surface area contributed by atoms with Crippen LogP contribution in [-0.4, -0.2) is 32.1 Å². The van der Waals surface area contributed by atoms with E-state index in [0.29, 0.717) is 6.29 Å². The molecule has 0 aromatic heterocycles. The summed E-state index contributed by atoms with van der Waals surface area (Å²) in [5.74, 6) is -1.17. The highest BCUT2D eigenvalue weighted by Crippen LogP contribution is 2.23. The maximum Gasteiger partial charge on any atom is 0.422 e. The second-order valence-electron chi connectivity index (χ2n) is 3.27. The van der Waals surface area contributed by atoms with Crippen molar-refractivity contribution in [2.24, 2.45) is 0 Å². The van der Waals surface area contributed by atoms with Crippen molar-refractivity contribution in [2.75, 3.05) is 13.7 Å². The molecule has 0 bridgehead atoms. The third kappa shape index (κ3) is 3.76. The molecule has 1 aromatic rings. The van der Waals surface area contributed by atoms with Gasteiger partial charge in [0.05, 0.1) is 7.11 Å². The van der Waals surface area contributed by atoms with Crippen molar-refractivity contribution in [2.45, 2.75) is 6.18 Å². The van der Waals surface area contributed by atoms with Crippen LogP contribution in [0.2, 0.25) is 0 Å². The van der Waals surface area contributed by atoms with Crippen LogP contribution in [0.5, 0.6) is 5.75 Å². The first kappa shape index (κ1) is 14.0. The summed E-state index contributed by atoms with van der Waals surface area (Å²) >= 11 is 0. The van der Waals surface area contributed by atoms with E-state index < -0.39 is 18.8 Å². The lowest BCUT2D eigenvalue weighted by Crippen LogP contribution is -2.20. The van der Waals surface area contributed by atoms with E-state index in [1.807, 2.05) is 0 Å². The first-order valence-corrected chi connectivity index (χ1v) is 4.74. The standard InChI is InChI=1S/C11H9F3O4/c1-17-10(16)8-4-7(5-15)2-3-9(8)18-6-11(12,13)14/h2-5H,6H2,1H3. The van der Waals surface area contributed by atoms with Crippen molar-refractivity contribution in [3.63, 3.8) is 0 Å². The summed E-state index contributed by atoms with van der Waals surface area (Å²) in [5, 5.41) is 0. The number of hydrogen-bond acceptors (Lipinski definition) is 4. The molecule has 0 atom stereocenters. The highest BCUT2D eigenvalue weighted by Gasteiger charge is 2.29. The number of aldehydes is 1. The number of alkyl halides is 3. The first-order valence-electron chi connectivity index (χ1n) is 4.74. The Morgan fingerprint density at radius 2 is 2.06 bits per heavy atom. The monoisotopic (exact) mass is 262 g/mol. The predicted octanol–water partition coefficient (Wildman–Crippen LogP) is 2.23. The maximum atomic E-state index is 12.0. The molecule has 0 spiro atoms. The van der Waals surface area contributed by atoms with Gasteiger partial charge in [-0.15, -0.1) is 0 Å². The Bertz CT molecular complexity index is 454. The van der Waals surface area contributed by atoms with Crippen molar-refractivity contribution in [3.8, 4) is 5.75 Å². The minimum atomic E-state index is -4.52. The van der Waals surface area contributed by atoms with Crippen molar-refractivity contribution < 1.29 is 32.2 Å². The number of benzene rings is 1. The second-order valence-corrected chi connectivity index (χ2v) is 3.27. The molecule has 0 saturated carbocycles. The lowest BCUT2D eigenvalue weighted by Gasteiger charge is -2.12. The van der Waals surface area contributed by atoms with Crippen LogP contribution in [0, 0.1) is 0 Å². The molecule has 0 aliphatic heterocycles. The van der Waals surface area contributed by atoms with Crippen LogP contribution >= 0.6 is 0 Å². The third-order valence-electron chi connectivity index (χ3n) is 1.94. The van der Waals surface area contributed by atoms with Gasteiger partial charge in [-0.1, -0.05) is 0 Å². The van der Waals surface area contributed by atoms with Crippen molar-refractivity contribution in [1.29, 1.82) is 0 Å². The van der Waals surface area contributed by atoms with Gasteiger partial charge in [-0.2, -0.15) is 13.2 Å². The Kier molecular flexibility index (Phi) is 4.30. The van der Waals surface area contributed by atoms with Gasteiger partial charge in [-0.3, -0.25) is 4.79 Å². The molecule has 7 heteroatoms. The van der Waals surface area contributed by atoms with E-state index >= 15 is 0 Å². The topological polar surface area (TPSA) is 52.6 Å². The van der Waals surface area contributed by atoms with Gasteiger partial charge in [0, 0.05) is 5.56 Å². The molecule has 0 aliphatic rings. The normalized spacial score (nSPS) is 10.9. The van der Waals surface area contributed by atoms with Crippen LogP contribution < -0.4 is 4.74 Å². The van der Waals surface area contributed by atoms with Crippen LogP contribution in [0.1, 0.15) is 20.7 Å². The molecule has 1 aromatic carbocycles. The van der Waals surface area contributed by atoms with E-state index in [0.717, 1.165) is 19.2 Å². The molecule has 0 saturated heterocycles.